The maximum Gasteiger partial charge on any atom is 0.249 e. The zero-order valence-electron chi connectivity index (χ0n) is 57.9. The van der Waals surface area contributed by atoms with Gasteiger partial charge in [-0.1, -0.05) is 325 Å². The van der Waals surface area contributed by atoms with Crippen molar-refractivity contribution >= 4 is 5.91 Å². The fourth-order valence-corrected chi connectivity index (χ4v) is 12.2. The molecule has 1 aliphatic heterocycles. The van der Waals surface area contributed by atoms with Crippen molar-refractivity contribution in [2.24, 2.45) is 0 Å². The number of unbranched alkanes of at least 4 members (excludes halogenated alkanes) is 45. The van der Waals surface area contributed by atoms with Crippen LogP contribution in [0.3, 0.4) is 0 Å². The van der Waals surface area contributed by atoms with E-state index in [1.165, 1.54) is 263 Å². The molecule has 0 bridgehead atoms. The van der Waals surface area contributed by atoms with Crippen molar-refractivity contribution in [2.75, 3.05) is 13.2 Å². The maximum atomic E-state index is 13.3. The number of nitrogens with one attached hydrogen (secondary N) is 1. The van der Waals surface area contributed by atoms with Gasteiger partial charge < -0.3 is 50.5 Å². The monoisotopic (exact) mass is 1260 g/mol. The van der Waals surface area contributed by atoms with E-state index in [-0.39, 0.29) is 12.8 Å². The molecule has 1 saturated heterocycles. The minimum absolute atomic E-state index is 0.240. The van der Waals surface area contributed by atoms with E-state index in [1.807, 2.05) is 0 Å². The van der Waals surface area contributed by atoms with E-state index in [9.17, 15) is 40.5 Å². The minimum atomic E-state index is -1.68. The molecule has 1 rings (SSSR count). The molecule has 0 radical (unpaired) electrons. The fourth-order valence-electron chi connectivity index (χ4n) is 12.2. The highest BCUT2D eigenvalue weighted by Gasteiger charge is 2.44. The number of carbonyl (C=O) groups is 1. The van der Waals surface area contributed by atoms with Gasteiger partial charge in [0, 0.05) is 0 Å². The first-order valence-corrected chi connectivity index (χ1v) is 38.2. The first-order valence-electron chi connectivity index (χ1n) is 38.2. The van der Waals surface area contributed by atoms with E-state index in [4.69, 9.17) is 9.47 Å². The molecule has 8 N–H and O–H groups in total. The molecule has 1 fully saturated rings. The summed E-state index contributed by atoms with van der Waals surface area (Å²) in [5, 5.41) is 76.5. The maximum absolute atomic E-state index is 13.3. The predicted octanol–water partition coefficient (Wildman–Crippen LogP) is 19.3. The van der Waals surface area contributed by atoms with Crippen LogP contribution in [-0.4, -0.2) is 110 Å². The van der Waals surface area contributed by atoms with Crippen molar-refractivity contribution in [3.63, 3.8) is 0 Å². The molecular formula is C78H145NO10. The number of hydrogen-bond acceptors (Lipinski definition) is 10. The molecule has 89 heavy (non-hydrogen) atoms. The molecule has 11 heteroatoms. The molecule has 522 valence electrons. The molecule has 0 aromatic carbocycles. The van der Waals surface area contributed by atoms with Crippen molar-refractivity contribution in [3.8, 4) is 0 Å². The van der Waals surface area contributed by atoms with Gasteiger partial charge >= 0.3 is 0 Å². The fraction of sp³-hybridized carbons (Fsp3) is 0.859. The Morgan fingerprint density at radius 1 is 0.393 bits per heavy atom. The lowest BCUT2D eigenvalue weighted by Crippen LogP contribution is -2.60. The second kappa shape index (κ2) is 65.9. The summed E-state index contributed by atoms with van der Waals surface area (Å²) in [6.45, 7) is 3.48. The van der Waals surface area contributed by atoms with E-state index in [2.05, 4.69) is 79.9 Å². The molecule has 1 aliphatic rings. The number of carbonyl (C=O) groups excluding carboxylic acids is 1. The number of aliphatic hydroxyl groups is 7. The quantitative estimate of drug-likeness (QED) is 0.0215. The van der Waals surface area contributed by atoms with Crippen molar-refractivity contribution < 1.29 is 50.0 Å². The van der Waals surface area contributed by atoms with Gasteiger partial charge in [-0.2, -0.15) is 0 Å². The number of rotatable bonds is 67. The van der Waals surface area contributed by atoms with Crippen molar-refractivity contribution in [1.29, 1.82) is 0 Å². The number of amides is 1. The third-order valence-corrected chi connectivity index (χ3v) is 18.2. The van der Waals surface area contributed by atoms with E-state index in [0.29, 0.717) is 19.3 Å². The highest BCUT2D eigenvalue weighted by molar-refractivity contribution is 5.80. The second-order valence-corrected chi connectivity index (χ2v) is 26.7. The third-order valence-electron chi connectivity index (χ3n) is 18.2. The zero-order chi connectivity index (χ0) is 64.6. The van der Waals surface area contributed by atoms with Crippen LogP contribution < -0.4 is 5.32 Å². The minimum Gasteiger partial charge on any atom is -0.394 e. The summed E-state index contributed by atoms with van der Waals surface area (Å²) in [5.74, 6) is -0.709. The molecule has 11 nitrogen and oxygen atoms in total. The highest BCUT2D eigenvalue weighted by Crippen LogP contribution is 2.24. The van der Waals surface area contributed by atoms with Crippen LogP contribution in [0.2, 0.25) is 0 Å². The standard InChI is InChI=1S/C78H145NO10/c1-3-5-7-9-11-13-15-17-19-21-23-25-27-29-30-31-32-33-34-35-36-37-38-39-40-41-42-44-46-48-50-52-54-56-58-60-62-64-66-71(82)77(87)79-69(68-88-78-76(86)75(85)74(84)72(67-80)89-78)73(83)70(81)65-63-61-59-57-55-53-51-49-47-45-43-28-26-24-22-20-18-16-14-12-10-8-6-4-2/h28,32-33,35-36,43,49,51,57,59,69-76,78,80-86H,3-27,29-31,34,37-42,44-48,50,52-56,58,60-68H2,1-2H3,(H,79,87)/b33-32-,36-35-,43-28+,51-49+,59-57+. The zero-order valence-corrected chi connectivity index (χ0v) is 57.9. The molecule has 0 spiro atoms. The Hall–Kier alpha value is -2.19. The molecule has 1 heterocycles. The molecule has 1 amide bonds. The van der Waals surface area contributed by atoms with Gasteiger partial charge in [0.05, 0.1) is 25.4 Å². The van der Waals surface area contributed by atoms with E-state index < -0.39 is 74.2 Å². The topological polar surface area (TPSA) is 189 Å². The predicted molar refractivity (Wildman–Crippen MR) is 376 cm³/mol. The Bertz CT molecular complexity index is 1630. The van der Waals surface area contributed by atoms with Gasteiger partial charge in [-0.05, 0) is 96.3 Å². The van der Waals surface area contributed by atoms with Crippen molar-refractivity contribution in [3.05, 3.63) is 60.8 Å². The third kappa shape index (κ3) is 52.8. The first-order chi connectivity index (χ1) is 43.7. The Morgan fingerprint density at radius 3 is 1.07 bits per heavy atom. The molecule has 9 unspecified atom stereocenters. The van der Waals surface area contributed by atoms with Crippen LogP contribution in [-0.2, 0) is 14.3 Å². The highest BCUT2D eigenvalue weighted by atomic mass is 16.7. The van der Waals surface area contributed by atoms with Gasteiger partial charge in [0.25, 0.3) is 0 Å². The average molecular weight is 1260 g/mol. The molecular weight excluding hydrogens is 1110 g/mol. The summed E-state index contributed by atoms with van der Waals surface area (Å²) >= 11 is 0. The summed E-state index contributed by atoms with van der Waals surface area (Å²) < 4.78 is 11.2. The Labute approximate surface area is 548 Å². The van der Waals surface area contributed by atoms with E-state index in [0.717, 1.165) is 51.4 Å². The van der Waals surface area contributed by atoms with E-state index in [1.54, 1.807) is 0 Å². The van der Waals surface area contributed by atoms with Gasteiger partial charge in [0.15, 0.2) is 6.29 Å². The van der Waals surface area contributed by atoms with Gasteiger partial charge in [0.1, 0.15) is 36.6 Å². The molecule has 0 aromatic heterocycles. The van der Waals surface area contributed by atoms with Crippen LogP contribution in [0.25, 0.3) is 0 Å². The van der Waals surface area contributed by atoms with Crippen LogP contribution in [0.1, 0.15) is 361 Å². The van der Waals surface area contributed by atoms with Crippen molar-refractivity contribution in [1.82, 2.24) is 5.32 Å². The summed E-state index contributed by atoms with van der Waals surface area (Å²) in [5.41, 5.74) is 0. The molecule has 9 atom stereocenters. The summed E-state index contributed by atoms with van der Waals surface area (Å²) in [6.07, 6.45) is 77.6. The largest absolute Gasteiger partial charge is 0.394 e. The normalized spacial score (nSPS) is 18.9. The van der Waals surface area contributed by atoms with Gasteiger partial charge in [-0.3, -0.25) is 4.79 Å². The van der Waals surface area contributed by atoms with Gasteiger partial charge in [-0.15, -0.1) is 0 Å². The lowest BCUT2D eigenvalue weighted by Gasteiger charge is -2.40. The lowest BCUT2D eigenvalue weighted by atomic mass is 9.98. The second-order valence-electron chi connectivity index (χ2n) is 26.7. The van der Waals surface area contributed by atoms with Crippen LogP contribution in [0.4, 0.5) is 0 Å². The number of allylic oxidation sites excluding steroid dienone is 10. The van der Waals surface area contributed by atoms with E-state index >= 15 is 0 Å². The SMILES string of the molecule is CCCCCCCCCCCCC/C=C/CC/C=C/CC/C=C/CCCC(O)C(O)C(COC1OC(CO)C(O)C(O)C1O)NC(=O)C(O)CCCCCCCCCCCCCCCCCC/C=C\C/C=C\CCCCCCCCCCCCCCCCC. The molecule has 0 aliphatic carbocycles. The first kappa shape index (κ1) is 84.8. The van der Waals surface area contributed by atoms with Crippen molar-refractivity contribution in [2.45, 2.75) is 416 Å². The summed E-state index contributed by atoms with van der Waals surface area (Å²) in [7, 11) is 0. The molecule has 0 aromatic rings. The molecule has 0 saturated carbocycles. The van der Waals surface area contributed by atoms with Crippen LogP contribution in [0, 0.1) is 0 Å². The Kier molecular flexibility index (Phi) is 62.8. The number of ether oxygens (including phenoxy) is 2. The van der Waals surface area contributed by atoms with Crippen LogP contribution >= 0.6 is 0 Å². The smallest absolute Gasteiger partial charge is 0.249 e. The van der Waals surface area contributed by atoms with Crippen LogP contribution in [0.5, 0.6) is 0 Å². The summed E-state index contributed by atoms with van der Waals surface area (Å²) in [6, 6.07) is -1.20. The Morgan fingerprint density at radius 2 is 0.708 bits per heavy atom. The summed E-state index contributed by atoms with van der Waals surface area (Å²) in [4.78, 5) is 13.3. The number of hydrogen-bond donors (Lipinski definition) is 8. The van der Waals surface area contributed by atoms with Crippen LogP contribution in [0.15, 0.2) is 60.8 Å². The number of aliphatic hydroxyl groups excluding tert-OH is 7. The van der Waals surface area contributed by atoms with Gasteiger partial charge in [0.2, 0.25) is 5.91 Å². The Balaban J connectivity index is 2.17. The van der Waals surface area contributed by atoms with Gasteiger partial charge in [-0.25, -0.2) is 0 Å². The average Bonchev–Trinajstić information content (AvgIpc) is 1.72. The lowest BCUT2D eigenvalue weighted by molar-refractivity contribution is -0.303.